The van der Waals surface area contributed by atoms with E-state index < -0.39 is 16.1 Å². The van der Waals surface area contributed by atoms with Crippen LogP contribution in [0.2, 0.25) is 5.02 Å². The Bertz CT molecular complexity index is 987. The van der Waals surface area contributed by atoms with Crippen LogP contribution >= 0.6 is 11.6 Å². The summed E-state index contributed by atoms with van der Waals surface area (Å²) in [6.07, 6.45) is 3.97. The topological polar surface area (TPSA) is 57.7 Å². The zero-order valence-corrected chi connectivity index (χ0v) is 19.3. The van der Waals surface area contributed by atoms with E-state index in [1.165, 1.54) is 9.87 Å². The summed E-state index contributed by atoms with van der Waals surface area (Å²) >= 11 is 6.21. The fraction of sp³-hybridized carbons (Fsp3) is 0.435. The number of halogens is 1. The van der Waals surface area contributed by atoms with Crippen LogP contribution in [-0.2, 0) is 21.2 Å². The highest BCUT2D eigenvalue weighted by Crippen LogP contribution is 2.28. The molecule has 0 N–H and O–H groups in total. The number of amides is 1. The zero-order chi connectivity index (χ0) is 21.9. The average molecular weight is 449 g/mol. The van der Waals surface area contributed by atoms with Gasteiger partial charge in [0.2, 0.25) is 15.9 Å². The third-order valence-electron chi connectivity index (χ3n) is 5.77. The SMILES string of the molecule is Cc1ccc(N(C(C)C(=O)N2CCC(Cc3ccccc3)CC2)S(C)(=O)=O)cc1Cl. The number of likely N-dealkylation sites (tertiary alicyclic amines) is 1. The number of hydrogen-bond donors (Lipinski definition) is 0. The summed E-state index contributed by atoms with van der Waals surface area (Å²) in [6, 6.07) is 14.6. The molecule has 0 aromatic heterocycles. The smallest absolute Gasteiger partial charge is 0.246 e. The van der Waals surface area contributed by atoms with Gasteiger partial charge in [0.05, 0.1) is 11.9 Å². The van der Waals surface area contributed by atoms with E-state index in [2.05, 4.69) is 12.1 Å². The molecule has 2 aromatic carbocycles. The standard InChI is InChI=1S/C23H29ClN2O3S/c1-17-9-10-21(16-22(17)24)26(30(3,28)29)18(2)23(27)25-13-11-20(12-14-25)15-19-7-5-4-6-8-19/h4-10,16,18,20H,11-15H2,1-3H3. The largest absolute Gasteiger partial charge is 0.341 e. The van der Waals surface area contributed by atoms with Gasteiger partial charge in [-0.2, -0.15) is 0 Å². The minimum atomic E-state index is -3.65. The van der Waals surface area contributed by atoms with Gasteiger partial charge in [-0.3, -0.25) is 9.10 Å². The molecule has 2 aromatic rings. The number of rotatable bonds is 6. The van der Waals surface area contributed by atoms with Crippen molar-refractivity contribution in [3.8, 4) is 0 Å². The molecule has 1 saturated heterocycles. The number of hydrogen-bond acceptors (Lipinski definition) is 3. The first-order chi connectivity index (χ1) is 14.2. The highest BCUT2D eigenvalue weighted by Gasteiger charge is 2.33. The Labute approximate surface area is 184 Å². The van der Waals surface area contributed by atoms with Gasteiger partial charge in [-0.1, -0.05) is 48.0 Å². The molecule has 0 radical (unpaired) electrons. The summed E-state index contributed by atoms with van der Waals surface area (Å²) in [5, 5.41) is 0.475. The first kappa shape index (κ1) is 22.6. The first-order valence-corrected chi connectivity index (χ1v) is 12.5. The summed E-state index contributed by atoms with van der Waals surface area (Å²) in [5.41, 5.74) is 2.58. The lowest BCUT2D eigenvalue weighted by molar-refractivity contribution is -0.133. The second-order valence-corrected chi connectivity index (χ2v) is 10.4. The Morgan fingerprint density at radius 3 is 2.37 bits per heavy atom. The molecule has 0 saturated carbocycles. The summed E-state index contributed by atoms with van der Waals surface area (Å²) in [7, 11) is -3.65. The second-order valence-electron chi connectivity index (χ2n) is 8.13. The van der Waals surface area contributed by atoms with Crippen LogP contribution in [0.15, 0.2) is 48.5 Å². The van der Waals surface area contributed by atoms with Crippen molar-refractivity contribution in [1.29, 1.82) is 0 Å². The van der Waals surface area contributed by atoms with E-state index in [4.69, 9.17) is 11.6 Å². The molecule has 1 heterocycles. The predicted octanol–water partition coefficient (Wildman–Crippen LogP) is 4.28. The molecule has 30 heavy (non-hydrogen) atoms. The molecular formula is C23H29ClN2O3S. The van der Waals surface area contributed by atoms with Gasteiger partial charge in [-0.25, -0.2) is 8.42 Å². The Morgan fingerprint density at radius 1 is 1.17 bits per heavy atom. The van der Waals surface area contributed by atoms with Crippen molar-refractivity contribution in [3.05, 3.63) is 64.7 Å². The van der Waals surface area contributed by atoms with Crippen LogP contribution < -0.4 is 4.31 Å². The molecule has 1 atom stereocenters. The number of anilines is 1. The van der Waals surface area contributed by atoms with Crippen LogP contribution in [0.5, 0.6) is 0 Å². The lowest BCUT2D eigenvalue weighted by Gasteiger charge is -2.36. The highest BCUT2D eigenvalue weighted by molar-refractivity contribution is 7.92. The van der Waals surface area contributed by atoms with E-state index in [0.717, 1.165) is 31.1 Å². The van der Waals surface area contributed by atoms with Gasteiger partial charge < -0.3 is 4.90 Å². The van der Waals surface area contributed by atoms with Crippen molar-refractivity contribution < 1.29 is 13.2 Å². The van der Waals surface area contributed by atoms with Crippen molar-refractivity contribution in [2.45, 2.75) is 39.2 Å². The summed E-state index contributed by atoms with van der Waals surface area (Å²) in [5.74, 6) is 0.365. The number of aryl methyl sites for hydroxylation is 1. The van der Waals surface area contributed by atoms with Gasteiger partial charge >= 0.3 is 0 Å². The van der Waals surface area contributed by atoms with Crippen molar-refractivity contribution in [3.63, 3.8) is 0 Å². The van der Waals surface area contributed by atoms with Crippen molar-refractivity contribution >= 4 is 33.2 Å². The number of carbonyl (C=O) groups excluding carboxylic acids is 1. The highest BCUT2D eigenvalue weighted by atomic mass is 35.5. The van der Waals surface area contributed by atoms with Crippen LogP contribution in [0.3, 0.4) is 0 Å². The molecule has 1 amide bonds. The maximum absolute atomic E-state index is 13.2. The molecule has 0 spiro atoms. The van der Waals surface area contributed by atoms with Gasteiger partial charge in [-0.05, 0) is 62.3 Å². The van der Waals surface area contributed by atoms with Crippen molar-refractivity contribution in [1.82, 2.24) is 4.90 Å². The predicted molar refractivity (Wildman–Crippen MR) is 122 cm³/mol. The molecule has 1 aliphatic rings. The minimum absolute atomic E-state index is 0.171. The summed E-state index contributed by atoms with van der Waals surface area (Å²) in [6.45, 7) is 4.79. The molecular weight excluding hydrogens is 420 g/mol. The third-order valence-corrected chi connectivity index (χ3v) is 7.42. The lowest BCUT2D eigenvalue weighted by Crippen LogP contribution is -2.51. The maximum Gasteiger partial charge on any atom is 0.246 e. The normalized spacial score (nSPS) is 16.3. The number of benzene rings is 2. The van der Waals surface area contributed by atoms with Crippen LogP contribution in [0.4, 0.5) is 5.69 Å². The van der Waals surface area contributed by atoms with E-state index in [1.54, 1.807) is 30.0 Å². The third kappa shape index (κ3) is 5.35. The maximum atomic E-state index is 13.2. The van der Waals surface area contributed by atoms with Gasteiger partial charge in [0.1, 0.15) is 6.04 Å². The molecule has 5 nitrogen and oxygen atoms in total. The van der Waals surface area contributed by atoms with Crippen molar-refractivity contribution in [2.75, 3.05) is 23.7 Å². The van der Waals surface area contributed by atoms with Gasteiger partial charge in [0.25, 0.3) is 0 Å². The number of sulfonamides is 1. The second kappa shape index (κ2) is 9.40. The minimum Gasteiger partial charge on any atom is -0.341 e. The molecule has 1 fully saturated rings. The van der Waals surface area contributed by atoms with E-state index >= 15 is 0 Å². The lowest BCUT2D eigenvalue weighted by atomic mass is 9.90. The first-order valence-electron chi connectivity index (χ1n) is 10.2. The van der Waals surface area contributed by atoms with Gasteiger partial charge in [0, 0.05) is 18.1 Å². The Morgan fingerprint density at radius 2 is 1.80 bits per heavy atom. The molecule has 3 rings (SSSR count). The fourth-order valence-electron chi connectivity index (χ4n) is 4.09. The quantitative estimate of drug-likeness (QED) is 0.662. The average Bonchev–Trinajstić information content (AvgIpc) is 2.70. The van der Waals surface area contributed by atoms with E-state index in [1.807, 2.05) is 25.1 Å². The molecule has 0 aliphatic carbocycles. The molecule has 1 aliphatic heterocycles. The molecule has 1 unspecified atom stereocenters. The molecule has 0 bridgehead atoms. The van der Waals surface area contributed by atoms with E-state index in [-0.39, 0.29) is 5.91 Å². The number of nitrogens with zero attached hydrogens (tertiary/aromatic N) is 2. The Kier molecular flexibility index (Phi) is 7.09. The van der Waals surface area contributed by atoms with E-state index in [9.17, 15) is 13.2 Å². The molecule has 7 heteroatoms. The summed E-state index contributed by atoms with van der Waals surface area (Å²) < 4.78 is 26.2. The van der Waals surface area contributed by atoms with Crippen molar-refractivity contribution in [2.24, 2.45) is 5.92 Å². The molecule has 162 valence electrons. The number of carbonyl (C=O) groups is 1. The van der Waals surface area contributed by atoms with Crippen LogP contribution in [0.1, 0.15) is 30.9 Å². The van der Waals surface area contributed by atoms with Crippen LogP contribution in [0.25, 0.3) is 0 Å². The van der Waals surface area contributed by atoms with Crippen LogP contribution in [-0.4, -0.2) is 44.6 Å². The van der Waals surface area contributed by atoms with Gasteiger partial charge in [-0.15, -0.1) is 0 Å². The monoisotopic (exact) mass is 448 g/mol. The fourth-order valence-corrected chi connectivity index (χ4v) is 5.43. The number of piperidine rings is 1. The zero-order valence-electron chi connectivity index (χ0n) is 17.7. The van der Waals surface area contributed by atoms with Gasteiger partial charge in [0.15, 0.2) is 0 Å². The summed E-state index contributed by atoms with van der Waals surface area (Å²) in [4.78, 5) is 15.0. The Hall–Kier alpha value is -2.05. The Balaban J connectivity index is 1.69. The van der Waals surface area contributed by atoms with Crippen LogP contribution in [0, 0.1) is 12.8 Å². The van der Waals surface area contributed by atoms with E-state index in [0.29, 0.717) is 29.7 Å².